The van der Waals surface area contributed by atoms with Crippen LogP contribution < -0.4 is 0 Å². The van der Waals surface area contributed by atoms with Crippen molar-refractivity contribution in [3.8, 4) is 11.1 Å². The molecule has 0 saturated heterocycles. The van der Waals surface area contributed by atoms with E-state index in [1.807, 2.05) is 97.1 Å². The van der Waals surface area contributed by atoms with E-state index in [1.165, 1.54) is 17.0 Å². The Hall–Kier alpha value is -4.12. The van der Waals surface area contributed by atoms with Crippen LogP contribution in [0.2, 0.25) is 10.0 Å². The lowest BCUT2D eigenvalue weighted by Crippen LogP contribution is -2.46. The van der Waals surface area contributed by atoms with Crippen LogP contribution in [0, 0.1) is 0 Å². The highest BCUT2D eigenvalue weighted by molar-refractivity contribution is 6.36. The van der Waals surface area contributed by atoms with Crippen LogP contribution in [0.1, 0.15) is 21.5 Å². The first-order valence-electron chi connectivity index (χ1n) is 12.5. The minimum absolute atomic E-state index is 0.0954. The molecule has 0 heterocycles. The molecule has 1 atom stereocenters. The van der Waals surface area contributed by atoms with E-state index in [-0.39, 0.29) is 23.6 Å². The molecule has 0 aliphatic carbocycles. The van der Waals surface area contributed by atoms with Gasteiger partial charge in [-0.1, -0.05) is 120 Å². The molecule has 1 N–H and O–H groups in total. The summed E-state index contributed by atoms with van der Waals surface area (Å²) in [5, 5.41) is 12.9. The lowest BCUT2D eigenvalue weighted by molar-refractivity contribution is -0.142. The summed E-state index contributed by atoms with van der Waals surface area (Å²) in [5.74, 6) is -1.57. The molecular weight excluding hydrogens is 529 g/mol. The molecule has 0 spiro atoms. The molecule has 5 aromatic rings. The van der Waals surface area contributed by atoms with Gasteiger partial charge in [0.25, 0.3) is 5.91 Å². The number of amides is 1. The smallest absolute Gasteiger partial charge is 0.326 e. The van der Waals surface area contributed by atoms with Gasteiger partial charge in [0.05, 0.1) is 10.6 Å². The molecular formula is C33H25Cl2NO3. The highest BCUT2D eigenvalue weighted by Gasteiger charge is 2.32. The van der Waals surface area contributed by atoms with E-state index in [2.05, 4.69) is 0 Å². The van der Waals surface area contributed by atoms with Crippen LogP contribution in [-0.4, -0.2) is 27.9 Å². The van der Waals surface area contributed by atoms with E-state index < -0.39 is 17.9 Å². The second kappa shape index (κ2) is 11.7. The molecule has 194 valence electrons. The first kappa shape index (κ1) is 26.5. The number of hydrogen-bond donors (Lipinski definition) is 1. The van der Waals surface area contributed by atoms with Gasteiger partial charge in [0.1, 0.15) is 6.04 Å². The van der Waals surface area contributed by atoms with Crippen LogP contribution in [0.5, 0.6) is 0 Å². The minimum Gasteiger partial charge on any atom is -0.480 e. The van der Waals surface area contributed by atoms with Crippen LogP contribution in [-0.2, 0) is 17.8 Å². The monoisotopic (exact) mass is 553 g/mol. The van der Waals surface area contributed by atoms with Crippen LogP contribution in [0.25, 0.3) is 21.9 Å². The Morgan fingerprint density at radius 2 is 1.41 bits per heavy atom. The highest BCUT2D eigenvalue weighted by atomic mass is 35.5. The fraction of sp³-hybridized carbons (Fsp3) is 0.0909. The van der Waals surface area contributed by atoms with Gasteiger partial charge in [-0.25, -0.2) is 4.79 Å². The third-order valence-corrected chi connectivity index (χ3v) is 7.34. The quantitative estimate of drug-likeness (QED) is 0.211. The van der Waals surface area contributed by atoms with Gasteiger partial charge in [0, 0.05) is 18.0 Å². The molecule has 0 radical (unpaired) electrons. The van der Waals surface area contributed by atoms with Crippen LogP contribution in [0.4, 0.5) is 0 Å². The summed E-state index contributed by atoms with van der Waals surface area (Å²) in [6.07, 6.45) is 0.131. The molecule has 0 aromatic heterocycles. The zero-order valence-corrected chi connectivity index (χ0v) is 22.4. The van der Waals surface area contributed by atoms with Crippen molar-refractivity contribution in [2.75, 3.05) is 0 Å². The zero-order valence-electron chi connectivity index (χ0n) is 20.9. The number of carbonyl (C=O) groups excluding carboxylic acids is 1. The van der Waals surface area contributed by atoms with Crippen molar-refractivity contribution in [2.45, 2.75) is 19.0 Å². The fourth-order valence-electron chi connectivity index (χ4n) is 4.77. The number of halogens is 2. The van der Waals surface area contributed by atoms with E-state index in [9.17, 15) is 14.7 Å². The molecule has 0 saturated carbocycles. The molecule has 6 heteroatoms. The second-order valence-corrected chi connectivity index (χ2v) is 10.2. The van der Waals surface area contributed by atoms with Gasteiger partial charge < -0.3 is 10.0 Å². The zero-order chi connectivity index (χ0) is 27.4. The van der Waals surface area contributed by atoms with Crippen molar-refractivity contribution in [3.05, 3.63) is 142 Å². The second-order valence-electron chi connectivity index (χ2n) is 9.32. The normalized spacial score (nSPS) is 11.7. The van der Waals surface area contributed by atoms with E-state index in [0.717, 1.165) is 33.0 Å². The predicted octanol–water partition coefficient (Wildman–Crippen LogP) is 8.15. The summed E-state index contributed by atoms with van der Waals surface area (Å²) in [6, 6.07) is 34.8. The van der Waals surface area contributed by atoms with Crippen molar-refractivity contribution in [2.24, 2.45) is 0 Å². The van der Waals surface area contributed by atoms with Gasteiger partial charge in [0.2, 0.25) is 0 Å². The van der Waals surface area contributed by atoms with Gasteiger partial charge in [-0.15, -0.1) is 0 Å². The predicted molar refractivity (Wildman–Crippen MR) is 157 cm³/mol. The van der Waals surface area contributed by atoms with E-state index >= 15 is 0 Å². The first-order chi connectivity index (χ1) is 18.9. The van der Waals surface area contributed by atoms with Crippen LogP contribution in [0.15, 0.2) is 115 Å². The number of rotatable bonds is 8. The summed E-state index contributed by atoms with van der Waals surface area (Å²) >= 11 is 12.5. The summed E-state index contributed by atoms with van der Waals surface area (Å²) in [4.78, 5) is 28.0. The lowest BCUT2D eigenvalue weighted by atomic mass is 9.98. The molecule has 0 aliphatic heterocycles. The molecule has 5 rings (SSSR count). The maximum atomic E-state index is 13.9. The molecule has 0 bridgehead atoms. The maximum Gasteiger partial charge on any atom is 0.326 e. The number of carboxylic acids is 1. The topological polar surface area (TPSA) is 57.6 Å². The molecule has 0 aliphatic rings. The number of carbonyl (C=O) groups is 2. The molecule has 1 amide bonds. The van der Waals surface area contributed by atoms with Crippen molar-refractivity contribution in [1.29, 1.82) is 0 Å². The van der Waals surface area contributed by atoms with Gasteiger partial charge in [0.15, 0.2) is 0 Å². The largest absolute Gasteiger partial charge is 0.480 e. The number of nitrogens with zero attached hydrogens (tertiary/aromatic N) is 1. The first-order valence-corrected chi connectivity index (χ1v) is 13.3. The average Bonchev–Trinajstić information content (AvgIpc) is 2.95. The van der Waals surface area contributed by atoms with Crippen molar-refractivity contribution < 1.29 is 14.7 Å². The summed E-state index contributed by atoms with van der Waals surface area (Å²) in [7, 11) is 0. The average molecular weight is 554 g/mol. The summed E-state index contributed by atoms with van der Waals surface area (Å²) < 4.78 is 0. The number of fused-ring (bicyclic) bond motifs is 1. The third kappa shape index (κ3) is 5.98. The molecule has 5 aromatic carbocycles. The molecule has 1 unspecified atom stereocenters. The van der Waals surface area contributed by atoms with Crippen LogP contribution >= 0.6 is 23.2 Å². The SMILES string of the molecule is O=C(O)C(Cc1ccc(-c2ccccc2)cc1)N(Cc1cccc2ccccc12)C(=O)c1ccc(Cl)cc1Cl. The Morgan fingerprint density at radius 3 is 2.13 bits per heavy atom. The summed E-state index contributed by atoms with van der Waals surface area (Å²) in [5.41, 5.74) is 3.95. The summed E-state index contributed by atoms with van der Waals surface area (Å²) in [6.45, 7) is 0.0954. The van der Waals surface area contributed by atoms with Gasteiger partial charge in [-0.2, -0.15) is 0 Å². The highest BCUT2D eigenvalue weighted by Crippen LogP contribution is 2.28. The van der Waals surface area contributed by atoms with E-state index in [0.29, 0.717) is 5.02 Å². The Morgan fingerprint density at radius 1 is 0.744 bits per heavy atom. The maximum absolute atomic E-state index is 13.9. The van der Waals surface area contributed by atoms with Gasteiger partial charge in [-0.3, -0.25) is 4.79 Å². The van der Waals surface area contributed by atoms with Crippen molar-refractivity contribution >= 4 is 45.9 Å². The fourth-order valence-corrected chi connectivity index (χ4v) is 5.26. The van der Waals surface area contributed by atoms with E-state index in [4.69, 9.17) is 23.2 Å². The van der Waals surface area contributed by atoms with Crippen LogP contribution in [0.3, 0.4) is 0 Å². The standard InChI is InChI=1S/C33H25Cl2NO3/c34-27-17-18-29(30(35)20-27)32(37)36(21-26-11-6-10-25-9-4-5-12-28(25)26)31(33(38)39)19-22-13-15-24(16-14-22)23-7-2-1-3-8-23/h1-18,20,31H,19,21H2,(H,38,39). The minimum atomic E-state index is -1.13. The number of benzene rings is 5. The Labute approximate surface area is 237 Å². The Kier molecular flexibility index (Phi) is 7.97. The molecule has 4 nitrogen and oxygen atoms in total. The number of aliphatic carboxylic acids is 1. The Bertz CT molecular complexity index is 1630. The van der Waals surface area contributed by atoms with E-state index in [1.54, 1.807) is 6.07 Å². The number of hydrogen-bond acceptors (Lipinski definition) is 2. The van der Waals surface area contributed by atoms with Crippen molar-refractivity contribution in [3.63, 3.8) is 0 Å². The van der Waals surface area contributed by atoms with Gasteiger partial charge in [-0.05, 0) is 51.2 Å². The Balaban J connectivity index is 1.52. The van der Waals surface area contributed by atoms with Gasteiger partial charge >= 0.3 is 5.97 Å². The number of carboxylic acid groups (broad SMARTS) is 1. The molecule has 0 fully saturated rings. The lowest BCUT2D eigenvalue weighted by Gasteiger charge is -2.30. The van der Waals surface area contributed by atoms with Crippen molar-refractivity contribution in [1.82, 2.24) is 4.90 Å². The third-order valence-electron chi connectivity index (χ3n) is 6.79. The molecule has 39 heavy (non-hydrogen) atoms.